The summed E-state index contributed by atoms with van der Waals surface area (Å²) in [5.41, 5.74) is 5.99. The van der Waals surface area contributed by atoms with Crippen LogP contribution in [0, 0.1) is 6.92 Å². The summed E-state index contributed by atoms with van der Waals surface area (Å²) in [6.07, 6.45) is 0. The molecule has 0 radical (unpaired) electrons. The SMILES string of the molecule is Cc1nc2c3ccccc3ccc2c2nc3c(ccc4ccccc43)c(-c3ccccc3Cl)c12. The quantitative estimate of drug-likeness (QED) is 0.183. The van der Waals surface area contributed by atoms with Crippen LogP contribution in [0.25, 0.3) is 65.4 Å². The average Bonchev–Trinajstić information content (AvgIpc) is 2.88. The molecule has 0 saturated heterocycles. The van der Waals surface area contributed by atoms with E-state index in [1.165, 1.54) is 10.8 Å². The van der Waals surface area contributed by atoms with Crippen molar-refractivity contribution in [2.75, 3.05) is 0 Å². The number of nitrogens with zero attached hydrogens (tertiary/aromatic N) is 2. The average molecular weight is 455 g/mol. The molecule has 5 aromatic carbocycles. The van der Waals surface area contributed by atoms with E-state index in [2.05, 4.69) is 85.8 Å². The van der Waals surface area contributed by atoms with Crippen LogP contribution >= 0.6 is 11.6 Å². The van der Waals surface area contributed by atoms with Gasteiger partial charge in [0.2, 0.25) is 0 Å². The molecule has 7 aromatic rings. The van der Waals surface area contributed by atoms with Gasteiger partial charge in [-0.25, -0.2) is 4.98 Å². The van der Waals surface area contributed by atoms with Crippen molar-refractivity contribution in [2.24, 2.45) is 0 Å². The van der Waals surface area contributed by atoms with E-state index in [-0.39, 0.29) is 0 Å². The summed E-state index contributed by atoms with van der Waals surface area (Å²) >= 11 is 6.79. The minimum absolute atomic E-state index is 0.725. The lowest BCUT2D eigenvalue weighted by molar-refractivity contribution is 1.29. The molecule has 2 heterocycles. The van der Waals surface area contributed by atoms with Crippen molar-refractivity contribution in [1.29, 1.82) is 0 Å². The molecule has 2 nitrogen and oxygen atoms in total. The summed E-state index contributed by atoms with van der Waals surface area (Å²) in [6, 6.07) is 33.6. The fourth-order valence-electron chi connectivity index (χ4n) is 5.28. The van der Waals surface area contributed by atoms with Crippen LogP contribution in [0.3, 0.4) is 0 Å². The lowest BCUT2D eigenvalue weighted by Gasteiger charge is -2.17. The van der Waals surface area contributed by atoms with E-state index in [1.807, 2.05) is 18.2 Å². The Balaban J connectivity index is 1.79. The maximum absolute atomic E-state index is 6.79. The van der Waals surface area contributed by atoms with E-state index in [9.17, 15) is 0 Å². The Bertz CT molecular complexity index is 1940. The van der Waals surface area contributed by atoms with Crippen molar-refractivity contribution < 1.29 is 0 Å². The molecule has 3 heteroatoms. The van der Waals surface area contributed by atoms with Crippen molar-refractivity contribution in [3.05, 3.63) is 108 Å². The first-order chi connectivity index (χ1) is 16.7. The van der Waals surface area contributed by atoms with Crippen LogP contribution in [0.1, 0.15) is 5.69 Å². The van der Waals surface area contributed by atoms with Crippen LogP contribution in [-0.2, 0) is 0 Å². The van der Waals surface area contributed by atoms with Crippen molar-refractivity contribution in [2.45, 2.75) is 6.92 Å². The highest BCUT2D eigenvalue weighted by atomic mass is 35.5. The normalized spacial score (nSPS) is 11.8. The van der Waals surface area contributed by atoms with Gasteiger partial charge in [-0.3, -0.25) is 4.98 Å². The van der Waals surface area contributed by atoms with Crippen LogP contribution in [0.2, 0.25) is 5.02 Å². The molecule has 0 fully saturated rings. The third-order valence-corrected chi connectivity index (χ3v) is 7.15. The van der Waals surface area contributed by atoms with Gasteiger partial charge < -0.3 is 0 Å². The van der Waals surface area contributed by atoms with Crippen LogP contribution < -0.4 is 0 Å². The molecule has 34 heavy (non-hydrogen) atoms. The molecule has 7 rings (SSSR count). The molecule has 0 saturated carbocycles. The Morgan fingerprint density at radius 2 is 1.12 bits per heavy atom. The Labute approximate surface area is 201 Å². The van der Waals surface area contributed by atoms with E-state index < -0.39 is 0 Å². The number of fused-ring (bicyclic) bond motifs is 8. The zero-order chi connectivity index (χ0) is 22.8. The molecule has 2 aromatic heterocycles. The number of halogens is 1. The van der Waals surface area contributed by atoms with Crippen molar-refractivity contribution in [3.63, 3.8) is 0 Å². The van der Waals surface area contributed by atoms with Gasteiger partial charge in [0, 0.05) is 48.8 Å². The molecule has 0 atom stereocenters. The molecular weight excluding hydrogens is 436 g/mol. The molecule has 0 aliphatic heterocycles. The first-order valence-electron chi connectivity index (χ1n) is 11.4. The number of hydrogen-bond donors (Lipinski definition) is 0. The maximum atomic E-state index is 6.79. The second-order valence-electron chi connectivity index (χ2n) is 8.75. The van der Waals surface area contributed by atoms with Crippen molar-refractivity contribution in [3.8, 4) is 11.1 Å². The van der Waals surface area contributed by atoms with Gasteiger partial charge in [-0.05, 0) is 29.8 Å². The van der Waals surface area contributed by atoms with Crippen LogP contribution in [-0.4, -0.2) is 9.97 Å². The Morgan fingerprint density at radius 1 is 0.529 bits per heavy atom. The summed E-state index contributed by atoms with van der Waals surface area (Å²) in [5.74, 6) is 0. The highest BCUT2D eigenvalue weighted by molar-refractivity contribution is 6.35. The predicted octanol–water partition coefficient (Wildman–Crippen LogP) is 8.87. The van der Waals surface area contributed by atoms with E-state index in [0.29, 0.717) is 0 Å². The molecule has 160 valence electrons. The van der Waals surface area contributed by atoms with Gasteiger partial charge >= 0.3 is 0 Å². The number of hydrogen-bond acceptors (Lipinski definition) is 2. The number of aromatic nitrogens is 2. The monoisotopic (exact) mass is 454 g/mol. The van der Waals surface area contributed by atoms with Crippen LogP contribution in [0.5, 0.6) is 0 Å². The van der Waals surface area contributed by atoms with Crippen LogP contribution in [0.4, 0.5) is 0 Å². The first-order valence-corrected chi connectivity index (χ1v) is 11.8. The Hall–Kier alpha value is -4.01. The van der Waals surface area contributed by atoms with Gasteiger partial charge in [-0.2, -0.15) is 0 Å². The van der Waals surface area contributed by atoms with Gasteiger partial charge in [-0.15, -0.1) is 0 Å². The topological polar surface area (TPSA) is 25.8 Å². The summed E-state index contributed by atoms with van der Waals surface area (Å²) in [5, 5.41) is 8.56. The van der Waals surface area contributed by atoms with Gasteiger partial charge in [0.15, 0.2) is 0 Å². The summed E-state index contributed by atoms with van der Waals surface area (Å²) < 4.78 is 0. The molecule has 0 aliphatic carbocycles. The highest BCUT2D eigenvalue weighted by Crippen LogP contribution is 2.43. The number of benzene rings is 5. The number of pyridine rings is 2. The fourth-order valence-corrected chi connectivity index (χ4v) is 5.51. The minimum atomic E-state index is 0.725. The summed E-state index contributed by atoms with van der Waals surface area (Å²) in [6.45, 7) is 2.08. The second kappa shape index (κ2) is 7.24. The Kier molecular flexibility index (Phi) is 4.15. The van der Waals surface area contributed by atoms with E-state index >= 15 is 0 Å². The zero-order valence-corrected chi connectivity index (χ0v) is 19.3. The van der Waals surface area contributed by atoms with E-state index in [0.717, 1.165) is 65.3 Å². The van der Waals surface area contributed by atoms with E-state index in [4.69, 9.17) is 21.6 Å². The minimum Gasteiger partial charge on any atom is -0.252 e. The maximum Gasteiger partial charge on any atom is 0.0828 e. The molecule has 0 spiro atoms. The second-order valence-corrected chi connectivity index (χ2v) is 9.16. The third-order valence-electron chi connectivity index (χ3n) is 6.82. The van der Waals surface area contributed by atoms with Crippen molar-refractivity contribution >= 4 is 65.9 Å². The van der Waals surface area contributed by atoms with Gasteiger partial charge in [0.25, 0.3) is 0 Å². The smallest absolute Gasteiger partial charge is 0.0828 e. The Morgan fingerprint density at radius 3 is 1.82 bits per heavy atom. The molecular formula is C31H19ClN2. The highest BCUT2D eigenvalue weighted by Gasteiger charge is 2.20. The molecule has 0 unspecified atom stereocenters. The molecule has 0 amide bonds. The van der Waals surface area contributed by atoms with Crippen molar-refractivity contribution in [1.82, 2.24) is 9.97 Å². The molecule has 0 aliphatic rings. The third kappa shape index (κ3) is 2.69. The van der Waals surface area contributed by atoms with E-state index in [1.54, 1.807) is 0 Å². The standard InChI is InChI=1S/C31H19ClN2/c1-18-27-28(23-12-6-7-13-26(23)32)24-16-14-19-8-2-4-10-21(19)29(24)34-31(27)25-17-15-20-9-3-5-11-22(20)30(25)33-18/h2-17H,1H3. The molecule has 0 N–H and O–H groups in total. The first kappa shape index (κ1) is 19.5. The lowest BCUT2D eigenvalue weighted by Crippen LogP contribution is -1.97. The fraction of sp³-hybridized carbons (Fsp3) is 0.0323. The molecule has 0 bridgehead atoms. The summed E-state index contributed by atoms with van der Waals surface area (Å²) in [7, 11) is 0. The zero-order valence-electron chi connectivity index (χ0n) is 18.5. The summed E-state index contributed by atoms with van der Waals surface area (Å²) in [4.78, 5) is 10.5. The number of rotatable bonds is 1. The largest absolute Gasteiger partial charge is 0.252 e. The van der Waals surface area contributed by atoms with Crippen LogP contribution in [0.15, 0.2) is 97.1 Å². The lowest BCUT2D eigenvalue weighted by atomic mass is 9.92. The number of aryl methyl sites for hydroxylation is 1. The van der Waals surface area contributed by atoms with Gasteiger partial charge in [-0.1, -0.05) is 96.5 Å². The van der Waals surface area contributed by atoms with Gasteiger partial charge in [0.05, 0.1) is 16.6 Å². The van der Waals surface area contributed by atoms with Gasteiger partial charge in [0.1, 0.15) is 0 Å². The predicted molar refractivity (Wildman–Crippen MR) is 145 cm³/mol.